The van der Waals surface area contributed by atoms with Crippen molar-refractivity contribution in [2.45, 2.75) is 57.5 Å². The molecule has 150 valence electrons. The van der Waals surface area contributed by atoms with Gasteiger partial charge in [0, 0.05) is 25.7 Å². The maximum atomic E-state index is 12.7. The highest BCUT2D eigenvalue weighted by atomic mass is 16.2. The highest BCUT2D eigenvalue weighted by Crippen LogP contribution is 2.16. The maximum Gasteiger partial charge on any atom is 0.279 e. The first kappa shape index (κ1) is 19.1. The second-order valence-corrected chi connectivity index (χ2v) is 7.76. The van der Waals surface area contributed by atoms with Gasteiger partial charge in [-0.05, 0) is 44.4 Å². The molecule has 0 bridgehead atoms. The van der Waals surface area contributed by atoms with Gasteiger partial charge in [-0.2, -0.15) is 0 Å². The van der Waals surface area contributed by atoms with Gasteiger partial charge in [-0.3, -0.25) is 18.6 Å². The molecule has 3 aromatic heterocycles. The molecule has 1 aliphatic carbocycles. The van der Waals surface area contributed by atoms with Gasteiger partial charge in [-0.1, -0.05) is 25.3 Å². The monoisotopic (exact) mass is 383 g/mol. The Kier molecular flexibility index (Phi) is 6.02. The van der Waals surface area contributed by atoms with E-state index in [9.17, 15) is 9.59 Å². The molecule has 1 aliphatic rings. The summed E-state index contributed by atoms with van der Waals surface area (Å²) in [6.45, 7) is 3.30. The summed E-state index contributed by atoms with van der Waals surface area (Å²) in [7, 11) is 0. The quantitative estimate of drug-likeness (QED) is 0.550. The van der Waals surface area contributed by atoms with E-state index in [-0.39, 0.29) is 11.1 Å². The minimum atomic E-state index is -0.249. The zero-order chi connectivity index (χ0) is 19.3. The number of unbranched alkanes of at least 4 members (excludes halogenated alkanes) is 1. The van der Waals surface area contributed by atoms with E-state index in [2.05, 4.69) is 15.6 Å². The fraction of sp³-hybridized carbons (Fsp3) is 0.571. The molecule has 28 heavy (non-hydrogen) atoms. The summed E-state index contributed by atoms with van der Waals surface area (Å²) in [5.74, 6) is 0. The SMILES string of the molecule is O=c1c2cccc3ncc(c(=O)n1CCCCNCCNC1CCCCC1)n32. The van der Waals surface area contributed by atoms with Crippen LogP contribution >= 0.6 is 0 Å². The van der Waals surface area contributed by atoms with E-state index >= 15 is 0 Å². The largest absolute Gasteiger partial charge is 0.315 e. The Morgan fingerprint density at radius 2 is 1.79 bits per heavy atom. The van der Waals surface area contributed by atoms with Crippen LogP contribution in [0.2, 0.25) is 0 Å². The topological polar surface area (TPSA) is 80.4 Å². The summed E-state index contributed by atoms with van der Waals surface area (Å²) in [5.41, 5.74) is 1.14. The van der Waals surface area contributed by atoms with Crippen molar-refractivity contribution in [1.82, 2.24) is 24.6 Å². The predicted octanol–water partition coefficient (Wildman–Crippen LogP) is 1.74. The molecule has 0 saturated heterocycles. The van der Waals surface area contributed by atoms with Crippen molar-refractivity contribution in [3.63, 3.8) is 0 Å². The molecule has 2 N–H and O–H groups in total. The summed E-state index contributed by atoms with van der Waals surface area (Å²) in [5, 5.41) is 7.07. The van der Waals surface area contributed by atoms with Crippen molar-refractivity contribution < 1.29 is 0 Å². The van der Waals surface area contributed by atoms with E-state index < -0.39 is 0 Å². The smallest absolute Gasteiger partial charge is 0.279 e. The van der Waals surface area contributed by atoms with Crippen LogP contribution < -0.4 is 21.8 Å². The average molecular weight is 383 g/mol. The van der Waals surface area contributed by atoms with Gasteiger partial charge < -0.3 is 10.6 Å². The molecule has 0 spiro atoms. The Hall–Kier alpha value is -2.25. The summed E-state index contributed by atoms with van der Waals surface area (Å²) >= 11 is 0. The van der Waals surface area contributed by atoms with Crippen molar-refractivity contribution >= 4 is 16.7 Å². The Morgan fingerprint density at radius 3 is 2.64 bits per heavy atom. The van der Waals surface area contributed by atoms with Crippen LogP contribution in [-0.4, -0.2) is 39.6 Å². The lowest BCUT2D eigenvalue weighted by atomic mass is 9.95. The second-order valence-electron chi connectivity index (χ2n) is 7.76. The zero-order valence-corrected chi connectivity index (χ0v) is 16.3. The lowest BCUT2D eigenvalue weighted by Gasteiger charge is -2.22. The molecule has 4 rings (SSSR count). The molecular formula is C21H29N5O2. The molecule has 3 heterocycles. The number of imidazole rings is 1. The van der Waals surface area contributed by atoms with Crippen molar-refractivity contribution in [2.24, 2.45) is 0 Å². The first-order valence-electron chi connectivity index (χ1n) is 10.5. The average Bonchev–Trinajstić information content (AvgIpc) is 3.16. The first-order valence-corrected chi connectivity index (χ1v) is 10.5. The third-order valence-electron chi connectivity index (χ3n) is 5.78. The maximum absolute atomic E-state index is 12.7. The molecule has 0 radical (unpaired) electrons. The second kappa shape index (κ2) is 8.84. The minimum absolute atomic E-state index is 0.231. The lowest BCUT2D eigenvalue weighted by molar-refractivity contribution is 0.372. The molecule has 1 saturated carbocycles. The van der Waals surface area contributed by atoms with Crippen LogP contribution in [-0.2, 0) is 6.54 Å². The normalized spacial score (nSPS) is 15.7. The van der Waals surface area contributed by atoms with Gasteiger partial charge >= 0.3 is 0 Å². The van der Waals surface area contributed by atoms with Crippen LogP contribution in [0.4, 0.5) is 0 Å². The molecule has 0 atom stereocenters. The van der Waals surface area contributed by atoms with Crippen molar-refractivity contribution in [1.29, 1.82) is 0 Å². The van der Waals surface area contributed by atoms with E-state index in [4.69, 9.17) is 0 Å². The standard InChI is InChI=1S/C21H29N5O2/c27-20-17-9-6-10-19-24-15-18(26(17)19)21(28)25(20)14-5-4-11-22-12-13-23-16-7-2-1-3-8-16/h6,9-10,15-16,22-23H,1-5,7-8,11-14H2. The third kappa shape index (κ3) is 3.95. The van der Waals surface area contributed by atoms with Gasteiger partial charge in [0.1, 0.15) is 16.7 Å². The van der Waals surface area contributed by atoms with E-state index in [0.29, 0.717) is 29.3 Å². The van der Waals surface area contributed by atoms with Crippen LogP contribution in [0.25, 0.3) is 16.7 Å². The molecule has 7 heteroatoms. The fourth-order valence-corrected chi connectivity index (χ4v) is 4.24. The van der Waals surface area contributed by atoms with Crippen LogP contribution in [0.5, 0.6) is 0 Å². The Balaban J connectivity index is 1.25. The van der Waals surface area contributed by atoms with Crippen LogP contribution in [0.15, 0.2) is 34.0 Å². The van der Waals surface area contributed by atoms with E-state index in [1.54, 1.807) is 28.8 Å². The summed E-state index contributed by atoms with van der Waals surface area (Å²) < 4.78 is 3.01. The van der Waals surface area contributed by atoms with Gasteiger partial charge in [0.25, 0.3) is 11.1 Å². The van der Waals surface area contributed by atoms with Crippen molar-refractivity contribution in [3.8, 4) is 0 Å². The van der Waals surface area contributed by atoms with Crippen LogP contribution in [0.1, 0.15) is 44.9 Å². The number of hydrogen-bond donors (Lipinski definition) is 2. The summed E-state index contributed by atoms with van der Waals surface area (Å²) in [4.78, 5) is 29.6. The van der Waals surface area contributed by atoms with E-state index in [1.807, 2.05) is 0 Å². The minimum Gasteiger partial charge on any atom is -0.315 e. The molecule has 0 aromatic carbocycles. The predicted molar refractivity (Wildman–Crippen MR) is 111 cm³/mol. The van der Waals surface area contributed by atoms with Gasteiger partial charge in [0.05, 0.1) is 6.20 Å². The molecule has 0 unspecified atom stereocenters. The Labute approximate surface area is 164 Å². The first-order chi connectivity index (χ1) is 13.8. The van der Waals surface area contributed by atoms with E-state index in [0.717, 1.165) is 32.5 Å². The summed E-state index contributed by atoms with van der Waals surface area (Å²) in [6, 6.07) is 6.06. The molecule has 3 aromatic rings. The molecule has 0 amide bonds. The van der Waals surface area contributed by atoms with E-state index in [1.165, 1.54) is 36.7 Å². The fourth-order valence-electron chi connectivity index (χ4n) is 4.24. The van der Waals surface area contributed by atoms with Crippen molar-refractivity contribution in [3.05, 3.63) is 45.1 Å². The van der Waals surface area contributed by atoms with Crippen molar-refractivity contribution in [2.75, 3.05) is 19.6 Å². The van der Waals surface area contributed by atoms with Gasteiger partial charge in [-0.15, -0.1) is 0 Å². The number of hydrogen-bond acceptors (Lipinski definition) is 5. The highest BCUT2D eigenvalue weighted by Gasteiger charge is 2.14. The third-order valence-corrected chi connectivity index (χ3v) is 5.78. The number of aromatic nitrogens is 3. The zero-order valence-electron chi connectivity index (χ0n) is 16.3. The molecule has 0 aliphatic heterocycles. The Bertz CT molecular complexity index is 1020. The number of rotatable bonds is 9. The lowest BCUT2D eigenvalue weighted by Crippen LogP contribution is -2.37. The highest BCUT2D eigenvalue weighted by molar-refractivity contribution is 5.66. The van der Waals surface area contributed by atoms with Gasteiger partial charge in [0.15, 0.2) is 0 Å². The van der Waals surface area contributed by atoms with Gasteiger partial charge in [0.2, 0.25) is 0 Å². The Morgan fingerprint density at radius 1 is 0.964 bits per heavy atom. The number of nitrogens with one attached hydrogen (secondary N) is 2. The molecular weight excluding hydrogens is 354 g/mol. The van der Waals surface area contributed by atoms with Crippen LogP contribution in [0, 0.1) is 0 Å². The number of pyridine rings is 1. The molecule has 7 nitrogen and oxygen atoms in total. The summed E-state index contributed by atoms with van der Waals surface area (Å²) in [6.07, 6.45) is 10.0. The van der Waals surface area contributed by atoms with Gasteiger partial charge in [-0.25, -0.2) is 4.98 Å². The van der Waals surface area contributed by atoms with Crippen LogP contribution in [0.3, 0.4) is 0 Å². The molecule has 1 fully saturated rings. The number of nitrogens with zero attached hydrogens (tertiary/aromatic N) is 3.